The van der Waals surface area contributed by atoms with Crippen molar-refractivity contribution in [2.24, 2.45) is 11.1 Å². The number of likely N-dealkylation sites (tertiary alicyclic amines) is 1. The highest BCUT2D eigenvalue weighted by Crippen LogP contribution is 2.34. The van der Waals surface area contributed by atoms with Crippen molar-refractivity contribution in [3.63, 3.8) is 0 Å². The van der Waals surface area contributed by atoms with Crippen LogP contribution in [0.4, 0.5) is 0 Å². The Bertz CT molecular complexity index is 320. The minimum absolute atomic E-state index is 0.0933. The summed E-state index contributed by atoms with van der Waals surface area (Å²) < 4.78 is 0. The first-order valence-corrected chi connectivity index (χ1v) is 7.27. The lowest BCUT2D eigenvalue weighted by Crippen LogP contribution is -2.49. The lowest BCUT2D eigenvalue weighted by Gasteiger charge is -2.39. The third-order valence-corrected chi connectivity index (χ3v) is 4.15. The van der Waals surface area contributed by atoms with Gasteiger partial charge in [0.2, 0.25) is 5.91 Å². The molecule has 1 unspecified atom stereocenters. The number of carboxylic acid groups (broad SMARTS) is 1. The molecule has 1 amide bonds. The number of unbranched alkanes of at least 4 members (excludes halogenated alkanes) is 2. The summed E-state index contributed by atoms with van der Waals surface area (Å²) in [6.07, 6.45) is 5.32. The van der Waals surface area contributed by atoms with Gasteiger partial charge in [-0.25, -0.2) is 0 Å². The zero-order chi connectivity index (χ0) is 14.3. The Morgan fingerprint density at radius 3 is 2.63 bits per heavy atom. The Kier molecular flexibility index (Phi) is 6.28. The molecule has 0 radical (unpaired) electrons. The average Bonchev–Trinajstić information content (AvgIpc) is 2.43. The number of piperidine rings is 1. The van der Waals surface area contributed by atoms with Gasteiger partial charge in [0.05, 0.1) is 5.41 Å². The van der Waals surface area contributed by atoms with E-state index in [1.807, 2.05) is 6.92 Å². The molecule has 19 heavy (non-hydrogen) atoms. The fourth-order valence-corrected chi connectivity index (χ4v) is 2.71. The number of amides is 1. The Morgan fingerprint density at radius 1 is 1.32 bits per heavy atom. The lowest BCUT2D eigenvalue weighted by atomic mass is 9.77. The molecule has 3 N–H and O–H groups in total. The summed E-state index contributed by atoms with van der Waals surface area (Å²) in [6.45, 7) is 3.62. The number of rotatable bonds is 7. The van der Waals surface area contributed by atoms with Gasteiger partial charge < -0.3 is 15.7 Å². The van der Waals surface area contributed by atoms with Gasteiger partial charge in [-0.3, -0.25) is 9.59 Å². The van der Waals surface area contributed by atoms with Crippen LogP contribution < -0.4 is 5.73 Å². The molecule has 0 spiro atoms. The van der Waals surface area contributed by atoms with Crippen molar-refractivity contribution in [2.75, 3.05) is 19.6 Å². The van der Waals surface area contributed by atoms with E-state index in [1.54, 1.807) is 4.90 Å². The van der Waals surface area contributed by atoms with E-state index in [9.17, 15) is 14.7 Å². The van der Waals surface area contributed by atoms with Crippen LogP contribution in [0.1, 0.15) is 51.9 Å². The van der Waals surface area contributed by atoms with Crippen LogP contribution in [0.5, 0.6) is 0 Å². The molecule has 1 fully saturated rings. The van der Waals surface area contributed by atoms with Gasteiger partial charge in [0.25, 0.3) is 0 Å². The van der Waals surface area contributed by atoms with Gasteiger partial charge in [0, 0.05) is 19.5 Å². The van der Waals surface area contributed by atoms with Gasteiger partial charge in [-0.2, -0.15) is 0 Å². The first-order valence-electron chi connectivity index (χ1n) is 7.27. The summed E-state index contributed by atoms with van der Waals surface area (Å²) >= 11 is 0. The van der Waals surface area contributed by atoms with Crippen LogP contribution in [-0.4, -0.2) is 41.5 Å². The molecule has 5 nitrogen and oxygen atoms in total. The molecule has 0 bridgehead atoms. The minimum atomic E-state index is -0.768. The molecule has 1 saturated heterocycles. The van der Waals surface area contributed by atoms with E-state index in [2.05, 4.69) is 0 Å². The Hall–Kier alpha value is -1.10. The quantitative estimate of drug-likeness (QED) is 0.688. The van der Waals surface area contributed by atoms with Gasteiger partial charge in [0.15, 0.2) is 0 Å². The standard InChI is InChI=1S/C14H26N2O3/c1-2-14(13(18)19)8-6-10-16(11-14)12(17)7-4-3-5-9-15/h2-11,15H2,1H3,(H,18,19). The van der Waals surface area contributed by atoms with Crippen molar-refractivity contribution in [3.8, 4) is 0 Å². The fourth-order valence-electron chi connectivity index (χ4n) is 2.71. The zero-order valence-electron chi connectivity index (χ0n) is 11.9. The zero-order valence-corrected chi connectivity index (χ0v) is 11.9. The van der Waals surface area contributed by atoms with Gasteiger partial charge >= 0.3 is 5.97 Å². The van der Waals surface area contributed by atoms with Crippen LogP contribution in [0, 0.1) is 5.41 Å². The second-order valence-corrected chi connectivity index (χ2v) is 5.46. The molecule has 0 aromatic heterocycles. The van der Waals surface area contributed by atoms with Crippen LogP contribution in [0.15, 0.2) is 0 Å². The lowest BCUT2D eigenvalue weighted by molar-refractivity contribution is -0.155. The molecule has 1 rings (SSSR count). The number of carbonyl (C=O) groups excluding carboxylic acids is 1. The van der Waals surface area contributed by atoms with Gasteiger partial charge in [-0.05, 0) is 38.6 Å². The predicted molar refractivity (Wildman–Crippen MR) is 73.7 cm³/mol. The van der Waals surface area contributed by atoms with Crippen molar-refractivity contribution in [1.82, 2.24) is 4.90 Å². The SMILES string of the molecule is CCC1(C(=O)O)CCCN(C(=O)CCCCCN)C1. The largest absolute Gasteiger partial charge is 0.481 e. The maximum Gasteiger partial charge on any atom is 0.311 e. The highest BCUT2D eigenvalue weighted by molar-refractivity contribution is 5.79. The molecule has 1 heterocycles. The van der Waals surface area contributed by atoms with Crippen molar-refractivity contribution in [3.05, 3.63) is 0 Å². The van der Waals surface area contributed by atoms with E-state index in [-0.39, 0.29) is 5.91 Å². The highest BCUT2D eigenvalue weighted by atomic mass is 16.4. The van der Waals surface area contributed by atoms with Crippen LogP contribution in [0.25, 0.3) is 0 Å². The maximum atomic E-state index is 12.1. The molecule has 1 aliphatic heterocycles. The van der Waals surface area contributed by atoms with Crippen LogP contribution >= 0.6 is 0 Å². The van der Waals surface area contributed by atoms with E-state index in [1.165, 1.54) is 0 Å². The van der Waals surface area contributed by atoms with Crippen LogP contribution in [0.2, 0.25) is 0 Å². The number of nitrogens with zero attached hydrogens (tertiary/aromatic N) is 1. The van der Waals surface area contributed by atoms with Gasteiger partial charge in [-0.15, -0.1) is 0 Å². The summed E-state index contributed by atoms with van der Waals surface area (Å²) in [5.74, 6) is -0.675. The number of nitrogens with two attached hydrogens (primary N) is 1. The number of aliphatic carboxylic acids is 1. The third kappa shape index (κ3) is 4.20. The van der Waals surface area contributed by atoms with E-state index in [0.29, 0.717) is 38.9 Å². The number of carboxylic acids is 1. The second kappa shape index (κ2) is 7.48. The van der Waals surface area contributed by atoms with Crippen LogP contribution in [-0.2, 0) is 9.59 Å². The van der Waals surface area contributed by atoms with Crippen molar-refractivity contribution in [1.29, 1.82) is 0 Å². The molecule has 0 aliphatic carbocycles. The van der Waals surface area contributed by atoms with E-state index < -0.39 is 11.4 Å². The first-order chi connectivity index (χ1) is 9.05. The molecule has 5 heteroatoms. The molecule has 110 valence electrons. The summed E-state index contributed by atoms with van der Waals surface area (Å²) in [5, 5.41) is 9.38. The van der Waals surface area contributed by atoms with E-state index in [0.717, 1.165) is 25.7 Å². The van der Waals surface area contributed by atoms with E-state index >= 15 is 0 Å². The predicted octanol–water partition coefficient (Wildman–Crippen LogP) is 1.61. The molecular weight excluding hydrogens is 244 g/mol. The maximum absolute atomic E-state index is 12.1. The van der Waals surface area contributed by atoms with Gasteiger partial charge in [-0.1, -0.05) is 13.3 Å². The van der Waals surface area contributed by atoms with Crippen molar-refractivity contribution in [2.45, 2.75) is 51.9 Å². The number of hydrogen-bond donors (Lipinski definition) is 2. The summed E-state index contributed by atoms with van der Waals surface area (Å²) in [7, 11) is 0. The normalized spacial score (nSPS) is 23.4. The Labute approximate surface area is 115 Å². The summed E-state index contributed by atoms with van der Waals surface area (Å²) in [4.78, 5) is 25.3. The smallest absolute Gasteiger partial charge is 0.311 e. The minimum Gasteiger partial charge on any atom is -0.481 e. The Balaban J connectivity index is 2.49. The van der Waals surface area contributed by atoms with Crippen molar-refractivity contribution < 1.29 is 14.7 Å². The molecule has 0 aromatic carbocycles. The molecule has 0 aromatic rings. The Morgan fingerprint density at radius 2 is 2.05 bits per heavy atom. The summed E-state index contributed by atoms with van der Waals surface area (Å²) in [5.41, 5.74) is 4.68. The summed E-state index contributed by atoms with van der Waals surface area (Å²) in [6, 6.07) is 0. The number of carbonyl (C=O) groups is 2. The van der Waals surface area contributed by atoms with E-state index in [4.69, 9.17) is 5.73 Å². The average molecular weight is 270 g/mol. The number of hydrogen-bond acceptors (Lipinski definition) is 3. The third-order valence-electron chi connectivity index (χ3n) is 4.15. The molecule has 1 aliphatic rings. The highest BCUT2D eigenvalue weighted by Gasteiger charge is 2.41. The molecule has 1 atom stereocenters. The topological polar surface area (TPSA) is 83.6 Å². The molecular formula is C14H26N2O3. The first kappa shape index (κ1) is 16.0. The monoisotopic (exact) mass is 270 g/mol. The van der Waals surface area contributed by atoms with Crippen molar-refractivity contribution >= 4 is 11.9 Å². The molecule has 0 saturated carbocycles. The fraction of sp³-hybridized carbons (Fsp3) is 0.857. The second-order valence-electron chi connectivity index (χ2n) is 5.46. The van der Waals surface area contributed by atoms with Crippen LogP contribution in [0.3, 0.4) is 0 Å². The van der Waals surface area contributed by atoms with Gasteiger partial charge in [0.1, 0.15) is 0 Å².